The first-order valence-corrected chi connectivity index (χ1v) is 5.08. The molecule has 15 heavy (non-hydrogen) atoms. The molecule has 0 aliphatic carbocycles. The summed E-state index contributed by atoms with van der Waals surface area (Å²) < 4.78 is 18.6. The van der Waals surface area contributed by atoms with Gasteiger partial charge in [0.25, 0.3) is 0 Å². The van der Waals surface area contributed by atoms with Crippen LogP contribution < -0.4 is 0 Å². The Morgan fingerprint density at radius 3 is 2.93 bits per heavy atom. The second kappa shape index (κ2) is 5.23. The van der Waals surface area contributed by atoms with Crippen LogP contribution in [-0.4, -0.2) is 17.2 Å². The van der Waals surface area contributed by atoms with E-state index < -0.39 is 12.1 Å². The van der Waals surface area contributed by atoms with Gasteiger partial charge in [-0.15, -0.1) is 0 Å². The van der Waals surface area contributed by atoms with Crippen LogP contribution in [0.2, 0.25) is 0 Å². The molecular weight excluding hydrogens is 267 g/mol. The Morgan fingerprint density at radius 2 is 2.33 bits per heavy atom. The number of carbonyl (C=O) groups is 1. The van der Waals surface area contributed by atoms with Crippen LogP contribution in [-0.2, 0) is 16.1 Å². The number of ether oxygens (including phenoxy) is 1. The fourth-order valence-corrected chi connectivity index (χ4v) is 1.30. The standard InChI is InChI=1S/C10H10BrFO3/c1-6(10(13)14)15-5-7-4-8(12)2-3-9(7)11/h2-4,6H,5H2,1H3,(H,13,14)/t6-/m0/s1. The van der Waals surface area contributed by atoms with Gasteiger partial charge in [0, 0.05) is 4.47 Å². The van der Waals surface area contributed by atoms with Crippen LogP contribution in [0.1, 0.15) is 12.5 Å². The van der Waals surface area contributed by atoms with Crippen molar-refractivity contribution >= 4 is 21.9 Å². The average molecular weight is 277 g/mol. The Morgan fingerprint density at radius 1 is 1.67 bits per heavy atom. The first kappa shape index (κ1) is 12.1. The smallest absolute Gasteiger partial charge is 0.332 e. The number of hydrogen-bond acceptors (Lipinski definition) is 2. The topological polar surface area (TPSA) is 46.5 Å². The van der Waals surface area contributed by atoms with Crippen molar-refractivity contribution in [3.63, 3.8) is 0 Å². The van der Waals surface area contributed by atoms with E-state index in [0.29, 0.717) is 10.0 Å². The molecule has 1 atom stereocenters. The van der Waals surface area contributed by atoms with E-state index in [1.165, 1.54) is 19.1 Å². The Hall–Kier alpha value is -0.940. The number of carboxylic acids is 1. The third kappa shape index (κ3) is 3.60. The first-order valence-electron chi connectivity index (χ1n) is 4.29. The number of benzene rings is 1. The molecule has 1 N–H and O–H groups in total. The lowest BCUT2D eigenvalue weighted by Crippen LogP contribution is -2.19. The second-order valence-electron chi connectivity index (χ2n) is 3.03. The van der Waals surface area contributed by atoms with Crippen LogP contribution in [0.5, 0.6) is 0 Å². The summed E-state index contributed by atoms with van der Waals surface area (Å²) >= 11 is 3.22. The van der Waals surface area contributed by atoms with E-state index in [9.17, 15) is 9.18 Å². The van der Waals surface area contributed by atoms with E-state index >= 15 is 0 Å². The molecule has 0 radical (unpaired) electrons. The predicted octanol–water partition coefficient (Wildman–Crippen LogP) is 2.58. The molecule has 0 aliphatic heterocycles. The van der Waals surface area contributed by atoms with Crippen LogP contribution in [0.3, 0.4) is 0 Å². The molecule has 1 rings (SSSR count). The van der Waals surface area contributed by atoms with Gasteiger partial charge in [-0.25, -0.2) is 9.18 Å². The number of halogens is 2. The number of carboxylic acid groups (broad SMARTS) is 1. The maximum Gasteiger partial charge on any atom is 0.332 e. The fraction of sp³-hybridized carbons (Fsp3) is 0.300. The van der Waals surface area contributed by atoms with Gasteiger partial charge in [0.2, 0.25) is 0 Å². The van der Waals surface area contributed by atoms with Crippen molar-refractivity contribution in [2.45, 2.75) is 19.6 Å². The van der Waals surface area contributed by atoms with E-state index in [1.54, 1.807) is 6.07 Å². The minimum Gasteiger partial charge on any atom is -0.479 e. The lowest BCUT2D eigenvalue weighted by molar-refractivity contribution is -0.149. The van der Waals surface area contributed by atoms with Gasteiger partial charge in [0.1, 0.15) is 5.82 Å². The molecular formula is C10H10BrFO3. The molecule has 0 heterocycles. The fourth-order valence-electron chi connectivity index (χ4n) is 0.940. The quantitative estimate of drug-likeness (QED) is 0.920. The molecule has 0 aromatic heterocycles. The van der Waals surface area contributed by atoms with Crippen molar-refractivity contribution in [2.75, 3.05) is 0 Å². The summed E-state index contributed by atoms with van der Waals surface area (Å²) in [5, 5.41) is 8.57. The van der Waals surface area contributed by atoms with E-state index in [-0.39, 0.29) is 12.4 Å². The van der Waals surface area contributed by atoms with Gasteiger partial charge in [0.15, 0.2) is 6.10 Å². The molecule has 1 aromatic rings. The molecule has 0 aliphatic rings. The maximum absolute atomic E-state index is 12.8. The highest BCUT2D eigenvalue weighted by molar-refractivity contribution is 9.10. The van der Waals surface area contributed by atoms with Gasteiger partial charge in [0.05, 0.1) is 6.61 Å². The van der Waals surface area contributed by atoms with Crippen molar-refractivity contribution in [1.29, 1.82) is 0 Å². The average Bonchev–Trinajstić information content (AvgIpc) is 2.18. The van der Waals surface area contributed by atoms with Gasteiger partial charge in [-0.2, -0.15) is 0 Å². The van der Waals surface area contributed by atoms with Crippen molar-refractivity contribution < 1.29 is 19.0 Å². The summed E-state index contributed by atoms with van der Waals surface area (Å²) in [6.45, 7) is 1.49. The SMILES string of the molecule is C[C@H](OCc1cc(F)ccc1Br)C(=O)O. The minimum atomic E-state index is -1.04. The Balaban J connectivity index is 2.65. The van der Waals surface area contributed by atoms with Crippen LogP contribution >= 0.6 is 15.9 Å². The van der Waals surface area contributed by atoms with Crippen LogP contribution in [0, 0.1) is 5.82 Å². The highest BCUT2D eigenvalue weighted by atomic mass is 79.9. The molecule has 0 saturated carbocycles. The predicted molar refractivity (Wildman–Crippen MR) is 56.0 cm³/mol. The van der Waals surface area contributed by atoms with Crippen molar-refractivity contribution in [1.82, 2.24) is 0 Å². The highest BCUT2D eigenvalue weighted by Crippen LogP contribution is 2.19. The molecule has 5 heteroatoms. The third-order valence-corrected chi connectivity index (χ3v) is 2.62. The molecule has 0 bridgehead atoms. The molecule has 0 fully saturated rings. The molecule has 1 aromatic carbocycles. The zero-order valence-electron chi connectivity index (χ0n) is 8.04. The zero-order valence-corrected chi connectivity index (χ0v) is 9.62. The number of aliphatic carboxylic acids is 1. The van der Waals surface area contributed by atoms with Crippen LogP contribution in [0.15, 0.2) is 22.7 Å². The lowest BCUT2D eigenvalue weighted by atomic mass is 10.2. The molecule has 0 saturated heterocycles. The molecule has 0 spiro atoms. The summed E-state index contributed by atoms with van der Waals surface area (Å²) in [5.41, 5.74) is 0.586. The zero-order chi connectivity index (χ0) is 11.4. The summed E-state index contributed by atoms with van der Waals surface area (Å²) in [7, 11) is 0. The first-order chi connectivity index (χ1) is 7.00. The monoisotopic (exact) mass is 276 g/mol. The summed E-state index contributed by atoms with van der Waals surface area (Å²) in [4.78, 5) is 10.5. The van der Waals surface area contributed by atoms with E-state index in [1.807, 2.05) is 0 Å². The molecule has 0 amide bonds. The minimum absolute atomic E-state index is 0.0613. The van der Waals surface area contributed by atoms with E-state index in [4.69, 9.17) is 9.84 Å². The van der Waals surface area contributed by atoms with E-state index in [0.717, 1.165) is 0 Å². The normalized spacial score (nSPS) is 12.5. The Bertz CT molecular complexity index is 368. The van der Waals surface area contributed by atoms with Gasteiger partial charge in [-0.05, 0) is 30.7 Å². The van der Waals surface area contributed by atoms with Gasteiger partial charge in [-0.1, -0.05) is 15.9 Å². The third-order valence-electron chi connectivity index (χ3n) is 1.84. The van der Waals surface area contributed by atoms with Crippen molar-refractivity contribution in [3.05, 3.63) is 34.1 Å². The van der Waals surface area contributed by atoms with Crippen molar-refractivity contribution in [3.8, 4) is 0 Å². The second-order valence-corrected chi connectivity index (χ2v) is 3.88. The summed E-state index contributed by atoms with van der Waals surface area (Å²) in [6, 6.07) is 4.17. The van der Waals surface area contributed by atoms with Gasteiger partial charge < -0.3 is 9.84 Å². The molecule has 0 unspecified atom stereocenters. The highest BCUT2D eigenvalue weighted by Gasteiger charge is 2.12. The van der Waals surface area contributed by atoms with Gasteiger partial charge >= 0.3 is 5.97 Å². The molecule has 3 nitrogen and oxygen atoms in total. The summed E-state index contributed by atoms with van der Waals surface area (Å²) in [6.07, 6.45) is -0.903. The number of hydrogen-bond donors (Lipinski definition) is 1. The van der Waals surface area contributed by atoms with Crippen molar-refractivity contribution in [2.24, 2.45) is 0 Å². The Labute approximate surface area is 95.0 Å². The largest absolute Gasteiger partial charge is 0.479 e. The lowest BCUT2D eigenvalue weighted by Gasteiger charge is -2.09. The maximum atomic E-state index is 12.8. The summed E-state index contributed by atoms with van der Waals surface area (Å²) in [5.74, 6) is -1.41. The molecule has 82 valence electrons. The van der Waals surface area contributed by atoms with Crippen LogP contribution in [0.25, 0.3) is 0 Å². The van der Waals surface area contributed by atoms with Crippen LogP contribution in [0.4, 0.5) is 4.39 Å². The number of rotatable bonds is 4. The van der Waals surface area contributed by atoms with Gasteiger partial charge in [-0.3, -0.25) is 0 Å². The Kier molecular flexibility index (Phi) is 4.23. The van der Waals surface area contributed by atoms with E-state index in [2.05, 4.69) is 15.9 Å².